The molecule has 2 aliphatic heterocycles. The molecule has 2 fully saturated rings. The van der Waals surface area contributed by atoms with E-state index in [9.17, 15) is 9.59 Å². The summed E-state index contributed by atoms with van der Waals surface area (Å²) in [6.07, 6.45) is 1.74. The van der Waals surface area contributed by atoms with Gasteiger partial charge in [0.15, 0.2) is 0 Å². The summed E-state index contributed by atoms with van der Waals surface area (Å²) in [5, 5.41) is 6.54. The molecule has 1 aromatic carbocycles. The second kappa shape index (κ2) is 7.22. The van der Waals surface area contributed by atoms with Crippen LogP contribution in [0.15, 0.2) is 35.1 Å². The van der Waals surface area contributed by atoms with E-state index < -0.39 is 6.04 Å². The van der Waals surface area contributed by atoms with Gasteiger partial charge in [-0.25, -0.2) is 19.9 Å². The SMILES string of the molecule is O=C(C1NNCC1Cl)N1CCCC(c2n[nH]c(=O)n2-c2ccccc2)C1. The molecule has 3 N–H and O–H groups in total. The Morgan fingerprint density at radius 1 is 1.27 bits per heavy atom. The summed E-state index contributed by atoms with van der Waals surface area (Å²) in [5.41, 5.74) is 6.38. The first-order valence-corrected chi connectivity index (χ1v) is 9.23. The van der Waals surface area contributed by atoms with Crippen molar-refractivity contribution in [1.82, 2.24) is 30.5 Å². The zero-order valence-corrected chi connectivity index (χ0v) is 14.9. The highest BCUT2D eigenvalue weighted by Gasteiger charge is 2.37. The van der Waals surface area contributed by atoms with Gasteiger partial charge in [-0.1, -0.05) is 18.2 Å². The standard InChI is InChI=1S/C17H21ClN6O2/c18-13-9-19-20-14(13)16(25)23-8-4-5-11(10-23)15-21-22-17(26)24(15)12-6-2-1-3-7-12/h1-3,6-7,11,13-14,19-20H,4-5,8-10H2,(H,22,26). The number of aromatic nitrogens is 3. The fourth-order valence-corrected chi connectivity index (χ4v) is 3.93. The van der Waals surface area contributed by atoms with E-state index in [2.05, 4.69) is 21.0 Å². The molecular weight excluding hydrogens is 356 g/mol. The Labute approximate surface area is 155 Å². The lowest BCUT2D eigenvalue weighted by Gasteiger charge is -2.34. The first kappa shape index (κ1) is 17.3. The minimum Gasteiger partial charge on any atom is -0.341 e. The molecule has 2 aliphatic rings. The number of carbonyl (C=O) groups excluding carboxylic acids is 1. The van der Waals surface area contributed by atoms with Gasteiger partial charge >= 0.3 is 5.69 Å². The average Bonchev–Trinajstić information content (AvgIpc) is 3.27. The quantitative estimate of drug-likeness (QED) is 0.672. The Kier molecular flexibility index (Phi) is 4.80. The molecule has 1 aromatic heterocycles. The van der Waals surface area contributed by atoms with Crippen molar-refractivity contribution in [2.24, 2.45) is 0 Å². The molecule has 8 nitrogen and oxygen atoms in total. The van der Waals surface area contributed by atoms with E-state index >= 15 is 0 Å². The number of para-hydroxylation sites is 1. The summed E-state index contributed by atoms with van der Waals surface area (Å²) in [5.74, 6) is 0.650. The van der Waals surface area contributed by atoms with Crippen molar-refractivity contribution in [2.45, 2.75) is 30.2 Å². The third-order valence-corrected chi connectivity index (χ3v) is 5.40. The molecule has 0 radical (unpaired) electrons. The molecule has 3 heterocycles. The Morgan fingerprint density at radius 3 is 2.81 bits per heavy atom. The molecule has 0 saturated carbocycles. The van der Waals surface area contributed by atoms with Gasteiger partial charge in [0.2, 0.25) is 5.91 Å². The predicted octanol–water partition coefficient (Wildman–Crippen LogP) is 0.350. The highest BCUT2D eigenvalue weighted by atomic mass is 35.5. The monoisotopic (exact) mass is 376 g/mol. The van der Waals surface area contributed by atoms with E-state index in [1.807, 2.05) is 35.2 Å². The van der Waals surface area contributed by atoms with Gasteiger partial charge in [-0.2, -0.15) is 5.10 Å². The third-order valence-electron chi connectivity index (χ3n) is 4.99. The lowest BCUT2D eigenvalue weighted by molar-refractivity contribution is -0.134. The highest BCUT2D eigenvalue weighted by Crippen LogP contribution is 2.27. The smallest absolute Gasteiger partial charge is 0.341 e. The van der Waals surface area contributed by atoms with Crippen LogP contribution in [0, 0.1) is 0 Å². The molecule has 0 spiro atoms. The third kappa shape index (κ3) is 3.15. The molecule has 1 amide bonds. The van der Waals surface area contributed by atoms with Gasteiger partial charge in [0, 0.05) is 25.6 Å². The van der Waals surface area contributed by atoms with Crippen LogP contribution in [0.25, 0.3) is 5.69 Å². The molecule has 2 aromatic rings. The minimum atomic E-state index is -0.425. The average molecular weight is 377 g/mol. The second-order valence-electron chi connectivity index (χ2n) is 6.70. The number of alkyl halides is 1. The number of aromatic amines is 1. The van der Waals surface area contributed by atoms with Crippen molar-refractivity contribution in [1.29, 1.82) is 0 Å². The van der Waals surface area contributed by atoms with Crippen molar-refractivity contribution < 1.29 is 4.79 Å². The fourth-order valence-electron chi connectivity index (χ4n) is 3.69. The van der Waals surface area contributed by atoms with Crippen LogP contribution < -0.4 is 16.5 Å². The number of benzene rings is 1. The molecule has 0 bridgehead atoms. The van der Waals surface area contributed by atoms with Crippen LogP contribution in [0.4, 0.5) is 0 Å². The van der Waals surface area contributed by atoms with Gasteiger partial charge in [-0.15, -0.1) is 11.6 Å². The number of halogens is 1. The first-order chi connectivity index (χ1) is 12.6. The van der Waals surface area contributed by atoms with Gasteiger partial charge in [-0.05, 0) is 25.0 Å². The van der Waals surface area contributed by atoms with Gasteiger partial charge in [0.05, 0.1) is 11.1 Å². The number of hydrazine groups is 1. The van der Waals surface area contributed by atoms with Crippen LogP contribution in [-0.2, 0) is 4.79 Å². The number of piperidine rings is 1. The zero-order chi connectivity index (χ0) is 18.1. The summed E-state index contributed by atoms with van der Waals surface area (Å²) in [6.45, 7) is 1.77. The summed E-state index contributed by atoms with van der Waals surface area (Å²) in [6, 6.07) is 8.99. The van der Waals surface area contributed by atoms with Gasteiger partial charge in [0.25, 0.3) is 0 Å². The topological polar surface area (TPSA) is 95.1 Å². The zero-order valence-electron chi connectivity index (χ0n) is 14.2. The van der Waals surface area contributed by atoms with Crippen molar-refractivity contribution in [3.63, 3.8) is 0 Å². The molecule has 0 aliphatic carbocycles. The fraction of sp³-hybridized carbons (Fsp3) is 0.471. The maximum Gasteiger partial charge on any atom is 0.347 e. The minimum absolute atomic E-state index is 0.00464. The predicted molar refractivity (Wildman–Crippen MR) is 97.3 cm³/mol. The molecule has 4 rings (SSSR count). The molecule has 9 heteroatoms. The second-order valence-corrected chi connectivity index (χ2v) is 7.26. The van der Waals surface area contributed by atoms with Crippen molar-refractivity contribution in [2.75, 3.05) is 19.6 Å². The van der Waals surface area contributed by atoms with Crippen molar-refractivity contribution >= 4 is 17.5 Å². The van der Waals surface area contributed by atoms with Crippen LogP contribution in [0.2, 0.25) is 0 Å². The number of amides is 1. The lowest BCUT2D eigenvalue weighted by atomic mass is 9.96. The van der Waals surface area contributed by atoms with Crippen LogP contribution >= 0.6 is 11.6 Å². The van der Waals surface area contributed by atoms with Crippen LogP contribution in [0.3, 0.4) is 0 Å². The normalized spacial score (nSPS) is 26.2. The number of hydrogen-bond acceptors (Lipinski definition) is 5. The van der Waals surface area contributed by atoms with E-state index in [0.29, 0.717) is 25.5 Å². The Bertz CT molecular complexity index is 835. The number of hydrogen-bond donors (Lipinski definition) is 3. The number of nitrogens with zero attached hydrogens (tertiary/aromatic N) is 3. The molecule has 26 heavy (non-hydrogen) atoms. The Balaban J connectivity index is 1.58. The number of likely N-dealkylation sites (tertiary alicyclic amines) is 1. The first-order valence-electron chi connectivity index (χ1n) is 8.79. The van der Waals surface area contributed by atoms with Gasteiger partial charge in [-0.3, -0.25) is 10.2 Å². The van der Waals surface area contributed by atoms with E-state index in [0.717, 1.165) is 18.5 Å². The molecule has 3 unspecified atom stereocenters. The van der Waals surface area contributed by atoms with Crippen LogP contribution in [-0.4, -0.2) is 56.6 Å². The van der Waals surface area contributed by atoms with E-state index in [4.69, 9.17) is 11.6 Å². The van der Waals surface area contributed by atoms with Crippen molar-refractivity contribution in [3.05, 3.63) is 46.6 Å². The number of carbonyl (C=O) groups is 1. The Morgan fingerprint density at radius 2 is 2.08 bits per heavy atom. The van der Waals surface area contributed by atoms with Crippen LogP contribution in [0.1, 0.15) is 24.6 Å². The van der Waals surface area contributed by atoms with Crippen LogP contribution in [0.5, 0.6) is 0 Å². The highest BCUT2D eigenvalue weighted by molar-refractivity contribution is 6.23. The van der Waals surface area contributed by atoms with Gasteiger partial charge in [0.1, 0.15) is 11.9 Å². The molecule has 3 atom stereocenters. The maximum atomic E-state index is 12.8. The summed E-state index contributed by atoms with van der Waals surface area (Å²) < 4.78 is 1.60. The Hall–Kier alpha value is -2.16. The summed E-state index contributed by atoms with van der Waals surface area (Å²) in [7, 11) is 0. The molecule has 138 valence electrons. The van der Waals surface area contributed by atoms with Gasteiger partial charge < -0.3 is 4.90 Å². The maximum absolute atomic E-state index is 12.8. The van der Waals surface area contributed by atoms with E-state index in [1.165, 1.54) is 0 Å². The number of H-pyrrole nitrogens is 1. The molecule has 2 saturated heterocycles. The lowest BCUT2D eigenvalue weighted by Crippen LogP contribution is -2.51. The number of nitrogens with one attached hydrogen (secondary N) is 3. The number of rotatable bonds is 3. The summed E-state index contributed by atoms with van der Waals surface area (Å²) >= 11 is 6.22. The van der Waals surface area contributed by atoms with Crippen molar-refractivity contribution in [3.8, 4) is 5.69 Å². The molecular formula is C17H21ClN6O2. The van der Waals surface area contributed by atoms with E-state index in [1.54, 1.807) is 4.57 Å². The summed E-state index contributed by atoms with van der Waals surface area (Å²) in [4.78, 5) is 26.9. The van der Waals surface area contributed by atoms with E-state index in [-0.39, 0.29) is 22.9 Å². The largest absolute Gasteiger partial charge is 0.347 e.